The Morgan fingerprint density at radius 1 is 0.938 bits per heavy atom. The fraction of sp³-hybridized carbons (Fsp3) is 0.348. The normalized spacial score (nSPS) is 11.8. The number of aliphatic hydroxyl groups excluding tert-OH is 1. The lowest BCUT2D eigenvalue weighted by Gasteiger charge is -2.22. The van der Waals surface area contributed by atoms with Gasteiger partial charge in [0.15, 0.2) is 5.03 Å². The highest BCUT2D eigenvalue weighted by molar-refractivity contribution is 7.89. The molecule has 0 atom stereocenters. The minimum Gasteiger partial charge on any atom is -0.497 e. The lowest BCUT2D eigenvalue weighted by Crippen LogP contribution is -2.30. The summed E-state index contributed by atoms with van der Waals surface area (Å²) in [4.78, 5) is 0. The highest BCUT2D eigenvalue weighted by atomic mass is 32.2. The Morgan fingerprint density at radius 2 is 1.41 bits per heavy atom. The predicted octanol–water partition coefficient (Wildman–Crippen LogP) is 3.36. The lowest BCUT2D eigenvalue weighted by atomic mass is 10.2. The van der Waals surface area contributed by atoms with Crippen LogP contribution in [0.15, 0.2) is 59.6 Å². The van der Waals surface area contributed by atoms with E-state index in [4.69, 9.17) is 9.47 Å². The Hall–Kier alpha value is -2.88. The van der Waals surface area contributed by atoms with Crippen LogP contribution in [0.5, 0.6) is 11.5 Å². The van der Waals surface area contributed by atoms with Crippen LogP contribution in [-0.2, 0) is 29.7 Å². The second-order valence-electron chi connectivity index (χ2n) is 7.64. The lowest BCUT2D eigenvalue weighted by molar-refractivity contribution is 0.264. The number of ether oxygens (including phenoxy) is 2. The molecule has 3 aromatic rings. The first-order valence-corrected chi connectivity index (χ1v) is 11.7. The fourth-order valence-corrected chi connectivity index (χ4v) is 4.71. The first-order valence-electron chi connectivity index (χ1n) is 10.2. The molecular weight excluding hydrogens is 430 g/mol. The maximum Gasteiger partial charge on any atom is 0.263 e. The van der Waals surface area contributed by atoms with Crippen molar-refractivity contribution < 1.29 is 23.0 Å². The van der Waals surface area contributed by atoms with Crippen LogP contribution in [0, 0.1) is 0 Å². The SMILES string of the molecule is COc1ccc(CN(Cc2ccc(OC)cc2)S(=O)(=O)c2cc(CO)n(C(C)C)n2)cc1. The molecule has 0 bridgehead atoms. The predicted molar refractivity (Wildman–Crippen MR) is 121 cm³/mol. The second-order valence-corrected chi connectivity index (χ2v) is 9.52. The third-order valence-corrected chi connectivity index (χ3v) is 6.75. The van der Waals surface area contributed by atoms with Crippen LogP contribution in [-0.4, -0.2) is 41.8 Å². The van der Waals surface area contributed by atoms with Crippen molar-refractivity contribution in [1.29, 1.82) is 0 Å². The summed E-state index contributed by atoms with van der Waals surface area (Å²) in [6.07, 6.45) is 0. The van der Waals surface area contributed by atoms with Gasteiger partial charge in [0.25, 0.3) is 10.0 Å². The zero-order valence-electron chi connectivity index (χ0n) is 18.7. The highest BCUT2D eigenvalue weighted by Gasteiger charge is 2.29. The van der Waals surface area contributed by atoms with Crippen molar-refractivity contribution in [1.82, 2.24) is 14.1 Å². The molecule has 0 radical (unpaired) electrons. The van der Waals surface area contributed by atoms with Crippen LogP contribution in [0.1, 0.15) is 36.7 Å². The highest BCUT2D eigenvalue weighted by Crippen LogP contribution is 2.24. The molecule has 1 heterocycles. The molecule has 2 aromatic carbocycles. The monoisotopic (exact) mass is 459 g/mol. The van der Waals surface area contributed by atoms with Gasteiger partial charge >= 0.3 is 0 Å². The van der Waals surface area contributed by atoms with E-state index < -0.39 is 10.0 Å². The average Bonchev–Trinajstić information content (AvgIpc) is 3.25. The van der Waals surface area contributed by atoms with Gasteiger partial charge in [0, 0.05) is 25.2 Å². The van der Waals surface area contributed by atoms with Crippen LogP contribution in [0.2, 0.25) is 0 Å². The molecule has 0 spiro atoms. The van der Waals surface area contributed by atoms with Gasteiger partial charge in [0.2, 0.25) is 0 Å². The summed E-state index contributed by atoms with van der Waals surface area (Å²) in [7, 11) is -0.781. The molecular formula is C23H29N3O5S. The molecule has 0 aliphatic carbocycles. The molecule has 9 heteroatoms. The number of methoxy groups -OCH3 is 2. The standard InChI is InChI=1S/C23H29N3O5S/c1-17(2)26-20(16-27)13-23(24-26)32(28,29)25(14-18-5-9-21(30-3)10-6-18)15-19-7-11-22(31-4)12-8-19/h5-13,17,27H,14-16H2,1-4H3. The summed E-state index contributed by atoms with van der Waals surface area (Å²) >= 11 is 0. The summed E-state index contributed by atoms with van der Waals surface area (Å²) in [5.74, 6) is 1.39. The summed E-state index contributed by atoms with van der Waals surface area (Å²) in [5.41, 5.74) is 2.08. The van der Waals surface area contributed by atoms with Gasteiger partial charge in [-0.25, -0.2) is 8.42 Å². The van der Waals surface area contributed by atoms with E-state index in [1.807, 2.05) is 38.1 Å². The van der Waals surface area contributed by atoms with E-state index in [1.54, 1.807) is 38.5 Å². The van der Waals surface area contributed by atoms with Crippen LogP contribution in [0.4, 0.5) is 0 Å². The average molecular weight is 460 g/mol. The third-order valence-electron chi connectivity index (χ3n) is 5.08. The Morgan fingerprint density at radius 3 is 1.75 bits per heavy atom. The zero-order valence-corrected chi connectivity index (χ0v) is 19.5. The maximum absolute atomic E-state index is 13.6. The van der Waals surface area contributed by atoms with Crippen LogP contribution < -0.4 is 9.47 Å². The van der Waals surface area contributed by atoms with Crippen molar-refractivity contribution in [2.24, 2.45) is 0 Å². The fourth-order valence-electron chi connectivity index (χ4n) is 3.33. The molecule has 0 fully saturated rings. The van der Waals surface area contributed by atoms with E-state index in [0.717, 1.165) is 11.1 Å². The molecule has 3 rings (SSSR count). The van der Waals surface area contributed by atoms with E-state index in [0.29, 0.717) is 17.2 Å². The molecule has 0 unspecified atom stereocenters. The van der Waals surface area contributed by atoms with Crippen LogP contribution in [0.3, 0.4) is 0 Å². The molecule has 1 aromatic heterocycles. The van der Waals surface area contributed by atoms with Crippen molar-refractivity contribution in [3.05, 3.63) is 71.4 Å². The molecule has 0 amide bonds. The number of aliphatic hydroxyl groups is 1. The maximum atomic E-state index is 13.6. The zero-order chi connectivity index (χ0) is 23.3. The molecule has 0 saturated heterocycles. The van der Waals surface area contributed by atoms with E-state index in [1.165, 1.54) is 15.1 Å². The number of hydrogen-bond acceptors (Lipinski definition) is 6. The van der Waals surface area contributed by atoms with Gasteiger partial charge in [0.1, 0.15) is 11.5 Å². The second kappa shape index (κ2) is 10.2. The number of aromatic nitrogens is 2. The summed E-state index contributed by atoms with van der Waals surface area (Å²) < 4.78 is 40.5. The van der Waals surface area contributed by atoms with Gasteiger partial charge in [-0.2, -0.15) is 9.40 Å². The van der Waals surface area contributed by atoms with Gasteiger partial charge in [-0.1, -0.05) is 24.3 Å². The van der Waals surface area contributed by atoms with Gasteiger partial charge < -0.3 is 14.6 Å². The minimum absolute atomic E-state index is 0.0854. The molecule has 0 aliphatic heterocycles. The Kier molecular flexibility index (Phi) is 7.55. The first kappa shape index (κ1) is 23.8. The van der Waals surface area contributed by atoms with Crippen molar-refractivity contribution in [3.8, 4) is 11.5 Å². The molecule has 32 heavy (non-hydrogen) atoms. The number of hydrogen-bond donors (Lipinski definition) is 1. The first-order chi connectivity index (χ1) is 15.3. The largest absolute Gasteiger partial charge is 0.497 e. The molecule has 172 valence electrons. The smallest absolute Gasteiger partial charge is 0.263 e. The number of benzene rings is 2. The summed E-state index contributed by atoms with van der Waals surface area (Å²) in [6.45, 7) is 3.78. The van der Waals surface area contributed by atoms with E-state index in [2.05, 4.69) is 5.10 Å². The van der Waals surface area contributed by atoms with Crippen LogP contribution in [0.25, 0.3) is 0 Å². The van der Waals surface area contributed by atoms with Crippen LogP contribution >= 0.6 is 0 Å². The third kappa shape index (κ3) is 5.29. The summed E-state index contributed by atoms with van der Waals surface area (Å²) in [5, 5.41) is 13.9. The van der Waals surface area contributed by atoms with E-state index >= 15 is 0 Å². The van der Waals surface area contributed by atoms with Crippen molar-refractivity contribution >= 4 is 10.0 Å². The number of sulfonamides is 1. The summed E-state index contributed by atoms with van der Waals surface area (Å²) in [6, 6.07) is 15.9. The quantitative estimate of drug-likeness (QED) is 0.500. The Labute approximate surface area is 189 Å². The van der Waals surface area contributed by atoms with Crippen molar-refractivity contribution in [2.45, 2.75) is 44.6 Å². The molecule has 1 N–H and O–H groups in total. The van der Waals surface area contributed by atoms with Crippen molar-refractivity contribution in [2.75, 3.05) is 14.2 Å². The molecule has 0 aliphatic rings. The molecule has 8 nitrogen and oxygen atoms in total. The van der Waals surface area contributed by atoms with Gasteiger partial charge in [0.05, 0.1) is 26.5 Å². The Bertz CT molecular complexity index is 1070. The Balaban J connectivity index is 1.98. The number of rotatable bonds is 10. The number of nitrogens with zero attached hydrogens (tertiary/aromatic N) is 3. The van der Waals surface area contributed by atoms with Crippen molar-refractivity contribution in [3.63, 3.8) is 0 Å². The van der Waals surface area contributed by atoms with Gasteiger partial charge in [-0.05, 0) is 49.2 Å². The van der Waals surface area contributed by atoms with E-state index in [-0.39, 0.29) is 30.8 Å². The minimum atomic E-state index is -3.95. The van der Waals surface area contributed by atoms with Gasteiger partial charge in [-0.3, -0.25) is 4.68 Å². The van der Waals surface area contributed by atoms with E-state index in [9.17, 15) is 13.5 Å². The van der Waals surface area contributed by atoms with Gasteiger partial charge in [-0.15, -0.1) is 0 Å². The molecule has 0 saturated carbocycles. The topological polar surface area (TPSA) is 93.9 Å².